The van der Waals surface area contributed by atoms with Crippen molar-refractivity contribution >= 4 is 15.9 Å². The normalized spacial score (nSPS) is 14.1. The van der Waals surface area contributed by atoms with Gasteiger partial charge in [-0.05, 0) is 30.2 Å². The zero-order chi connectivity index (χ0) is 15.2. The van der Waals surface area contributed by atoms with E-state index in [9.17, 15) is 5.11 Å². The second kappa shape index (κ2) is 7.74. The van der Waals surface area contributed by atoms with Crippen molar-refractivity contribution in [2.24, 2.45) is 5.92 Å². The number of benzene rings is 2. The lowest BCUT2D eigenvalue weighted by Crippen LogP contribution is -2.27. The van der Waals surface area contributed by atoms with Crippen LogP contribution >= 0.6 is 15.9 Å². The predicted octanol–water partition coefficient (Wildman–Crippen LogP) is 4.25. The highest BCUT2D eigenvalue weighted by Gasteiger charge is 2.18. The molecule has 2 aromatic carbocycles. The third kappa shape index (κ3) is 4.67. The van der Waals surface area contributed by atoms with E-state index in [1.165, 1.54) is 5.56 Å². The summed E-state index contributed by atoms with van der Waals surface area (Å²) in [7, 11) is 2.09. The Kier molecular flexibility index (Phi) is 5.97. The third-order valence-corrected chi connectivity index (χ3v) is 4.45. The molecule has 0 saturated carbocycles. The summed E-state index contributed by atoms with van der Waals surface area (Å²) < 4.78 is 1.13. The summed E-state index contributed by atoms with van der Waals surface area (Å²) in [6.45, 7) is 3.80. The van der Waals surface area contributed by atoms with E-state index in [0.29, 0.717) is 0 Å². The lowest BCUT2D eigenvalue weighted by molar-refractivity contribution is 0.0933. The Balaban J connectivity index is 1.93. The first-order valence-electron chi connectivity index (χ1n) is 7.23. The van der Waals surface area contributed by atoms with Crippen molar-refractivity contribution in [3.63, 3.8) is 0 Å². The Bertz CT molecular complexity index is 558. The minimum atomic E-state index is -0.423. The molecule has 0 aliphatic carbocycles. The van der Waals surface area contributed by atoms with E-state index >= 15 is 0 Å². The first kappa shape index (κ1) is 16.2. The largest absolute Gasteiger partial charge is 0.388 e. The molecule has 0 fully saturated rings. The van der Waals surface area contributed by atoms with Crippen LogP contribution in [0.3, 0.4) is 0 Å². The number of hydrogen-bond donors (Lipinski definition) is 1. The number of rotatable bonds is 6. The van der Waals surface area contributed by atoms with E-state index < -0.39 is 6.10 Å². The van der Waals surface area contributed by atoms with Crippen LogP contribution < -0.4 is 0 Å². The second-order valence-electron chi connectivity index (χ2n) is 5.62. The number of nitrogens with zero attached hydrogens (tertiary/aromatic N) is 1. The Morgan fingerprint density at radius 3 is 2.33 bits per heavy atom. The van der Waals surface area contributed by atoms with Gasteiger partial charge in [0.1, 0.15) is 0 Å². The Morgan fingerprint density at radius 1 is 1.05 bits per heavy atom. The molecule has 0 bridgehead atoms. The lowest BCUT2D eigenvalue weighted by atomic mass is 9.97. The second-order valence-corrected chi connectivity index (χ2v) is 6.48. The maximum Gasteiger partial charge on any atom is 0.0827 e. The van der Waals surface area contributed by atoms with Crippen LogP contribution in [0.15, 0.2) is 59.1 Å². The molecule has 0 aliphatic heterocycles. The molecule has 2 unspecified atom stereocenters. The lowest BCUT2D eigenvalue weighted by Gasteiger charge is -2.25. The van der Waals surface area contributed by atoms with Crippen molar-refractivity contribution in [1.29, 1.82) is 0 Å². The summed E-state index contributed by atoms with van der Waals surface area (Å²) in [5.74, 6) is 0.180. The molecule has 3 heteroatoms. The van der Waals surface area contributed by atoms with E-state index in [0.717, 1.165) is 23.1 Å². The Hall–Kier alpha value is -1.16. The zero-order valence-electron chi connectivity index (χ0n) is 12.5. The number of aliphatic hydroxyl groups excluding tert-OH is 1. The van der Waals surface area contributed by atoms with Crippen LogP contribution in [0.5, 0.6) is 0 Å². The summed E-state index contributed by atoms with van der Waals surface area (Å²) in [5.41, 5.74) is 2.25. The predicted molar refractivity (Wildman–Crippen MR) is 91.0 cm³/mol. The quantitative estimate of drug-likeness (QED) is 0.844. The van der Waals surface area contributed by atoms with Gasteiger partial charge in [-0.1, -0.05) is 71.4 Å². The Morgan fingerprint density at radius 2 is 1.67 bits per heavy atom. The molecule has 1 N–H and O–H groups in total. The molecular weight excluding hydrogens is 326 g/mol. The van der Waals surface area contributed by atoms with Crippen molar-refractivity contribution in [2.45, 2.75) is 19.6 Å². The van der Waals surface area contributed by atoms with Crippen molar-refractivity contribution in [3.05, 3.63) is 70.2 Å². The van der Waals surface area contributed by atoms with Gasteiger partial charge in [0.05, 0.1) is 6.10 Å². The standard InChI is InChI=1S/C18H22BrNO/c1-14(18(21)15-8-4-3-5-9-15)12-20(2)13-16-10-6-7-11-17(16)19/h3-11,14,18,21H,12-13H2,1-2H3. The highest BCUT2D eigenvalue weighted by molar-refractivity contribution is 9.10. The fraction of sp³-hybridized carbons (Fsp3) is 0.333. The van der Waals surface area contributed by atoms with Crippen LogP contribution in [-0.4, -0.2) is 23.6 Å². The summed E-state index contributed by atoms with van der Waals surface area (Å²) in [4.78, 5) is 2.25. The molecule has 0 heterocycles. The minimum absolute atomic E-state index is 0.180. The van der Waals surface area contributed by atoms with Gasteiger partial charge in [0.25, 0.3) is 0 Å². The molecule has 0 spiro atoms. The molecule has 2 atom stereocenters. The van der Waals surface area contributed by atoms with Gasteiger partial charge >= 0.3 is 0 Å². The molecule has 0 radical (unpaired) electrons. The van der Waals surface area contributed by atoms with E-state index in [1.54, 1.807) is 0 Å². The molecule has 112 valence electrons. The third-order valence-electron chi connectivity index (χ3n) is 3.68. The molecule has 0 saturated heterocycles. The van der Waals surface area contributed by atoms with Gasteiger partial charge in [-0.2, -0.15) is 0 Å². The topological polar surface area (TPSA) is 23.5 Å². The molecule has 2 nitrogen and oxygen atoms in total. The van der Waals surface area contributed by atoms with Gasteiger partial charge in [0.2, 0.25) is 0 Å². The van der Waals surface area contributed by atoms with E-state index in [4.69, 9.17) is 0 Å². The number of aliphatic hydroxyl groups is 1. The van der Waals surface area contributed by atoms with Gasteiger partial charge < -0.3 is 10.0 Å². The summed E-state index contributed by atoms with van der Waals surface area (Å²) in [6, 6.07) is 18.1. The zero-order valence-corrected chi connectivity index (χ0v) is 14.1. The van der Waals surface area contributed by atoms with Crippen LogP contribution in [0.25, 0.3) is 0 Å². The monoisotopic (exact) mass is 347 g/mol. The first-order valence-corrected chi connectivity index (χ1v) is 8.02. The average Bonchev–Trinajstić information content (AvgIpc) is 2.49. The summed E-state index contributed by atoms with van der Waals surface area (Å²) >= 11 is 3.58. The van der Waals surface area contributed by atoms with E-state index in [-0.39, 0.29) is 5.92 Å². The highest BCUT2D eigenvalue weighted by Crippen LogP contribution is 2.23. The van der Waals surface area contributed by atoms with E-state index in [1.807, 2.05) is 36.4 Å². The van der Waals surface area contributed by atoms with Gasteiger partial charge in [-0.25, -0.2) is 0 Å². The molecule has 0 amide bonds. The minimum Gasteiger partial charge on any atom is -0.388 e. The highest BCUT2D eigenvalue weighted by atomic mass is 79.9. The Labute approximate surface area is 135 Å². The average molecular weight is 348 g/mol. The fourth-order valence-corrected chi connectivity index (χ4v) is 2.96. The van der Waals surface area contributed by atoms with Crippen molar-refractivity contribution in [2.75, 3.05) is 13.6 Å². The molecule has 2 aromatic rings. The molecule has 0 aliphatic rings. The number of halogens is 1. The maximum absolute atomic E-state index is 10.4. The van der Waals surface area contributed by atoms with E-state index in [2.05, 4.69) is 53.0 Å². The molecule has 2 rings (SSSR count). The molecule has 21 heavy (non-hydrogen) atoms. The van der Waals surface area contributed by atoms with Crippen molar-refractivity contribution in [1.82, 2.24) is 4.90 Å². The number of hydrogen-bond acceptors (Lipinski definition) is 2. The smallest absolute Gasteiger partial charge is 0.0827 e. The van der Waals surface area contributed by atoms with Crippen molar-refractivity contribution < 1.29 is 5.11 Å². The van der Waals surface area contributed by atoms with Crippen LogP contribution in [0.2, 0.25) is 0 Å². The first-order chi connectivity index (χ1) is 10.1. The van der Waals surface area contributed by atoms with Crippen LogP contribution in [-0.2, 0) is 6.54 Å². The van der Waals surface area contributed by atoms with Gasteiger partial charge in [0.15, 0.2) is 0 Å². The SMILES string of the molecule is CC(CN(C)Cc1ccccc1Br)C(O)c1ccccc1. The van der Waals surface area contributed by atoms with Crippen LogP contribution in [0.1, 0.15) is 24.2 Å². The summed E-state index contributed by atoms with van der Waals surface area (Å²) in [6.07, 6.45) is -0.423. The molecular formula is C18H22BrNO. The fourth-order valence-electron chi connectivity index (χ4n) is 2.55. The van der Waals surface area contributed by atoms with Crippen LogP contribution in [0.4, 0.5) is 0 Å². The van der Waals surface area contributed by atoms with Gasteiger partial charge in [-0.3, -0.25) is 0 Å². The van der Waals surface area contributed by atoms with Crippen LogP contribution in [0, 0.1) is 5.92 Å². The van der Waals surface area contributed by atoms with Gasteiger partial charge in [0, 0.05) is 17.6 Å². The molecule has 0 aromatic heterocycles. The van der Waals surface area contributed by atoms with Gasteiger partial charge in [-0.15, -0.1) is 0 Å². The van der Waals surface area contributed by atoms with Crippen molar-refractivity contribution in [3.8, 4) is 0 Å². The summed E-state index contributed by atoms with van der Waals surface area (Å²) in [5, 5.41) is 10.4. The maximum atomic E-state index is 10.4.